The van der Waals surface area contributed by atoms with Crippen molar-refractivity contribution in [1.29, 1.82) is 0 Å². The van der Waals surface area contributed by atoms with Crippen molar-refractivity contribution >= 4 is 31.6 Å². The number of anilines is 1. The highest BCUT2D eigenvalue weighted by Crippen LogP contribution is 2.31. The second-order valence-corrected chi connectivity index (χ2v) is 10.3. The summed E-state index contributed by atoms with van der Waals surface area (Å²) >= 11 is 0. The number of benzene rings is 1. The lowest BCUT2D eigenvalue weighted by atomic mass is 9.98. The fraction of sp³-hybridized carbons (Fsp3) is 0.412. The number of nitrogens with zero attached hydrogens (tertiary/aromatic N) is 4. The van der Waals surface area contributed by atoms with Crippen molar-refractivity contribution in [3.05, 3.63) is 36.7 Å². The van der Waals surface area contributed by atoms with Gasteiger partial charge in [0.25, 0.3) is 10.0 Å². The molecule has 1 atom stereocenters. The fourth-order valence-corrected chi connectivity index (χ4v) is 6.17. The largest absolute Gasteiger partial charge is 0.342 e. The molecule has 0 radical (unpaired) electrons. The number of aromatic nitrogens is 2. The van der Waals surface area contributed by atoms with Crippen LogP contribution in [0, 0.1) is 5.92 Å². The number of hydrogen-bond donors (Lipinski definition) is 1. The highest BCUT2D eigenvalue weighted by Gasteiger charge is 2.36. The second-order valence-electron chi connectivity index (χ2n) is 6.81. The number of aryl methyl sites for hydroxylation is 1. The van der Waals surface area contributed by atoms with Crippen LogP contribution in [-0.4, -0.2) is 49.8 Å². The van der Waals surface area contributed by atoms with E-state index in [1.54, 1.807) is 22.9 Å². The van der Waals surface area contributed by atoms with E-state index in [2.05, 4.69) is 14.8 Å². The first-order valence-corrected chi connectivity index (χ1v) is 11.9. The van der Waals surface area contributed by atoms with Crippen molar-refractivity contribution in [3.63, 3.8) is 0 Å². The third-order valence-electron chi connectivity index (χ3n) is 4.99. The normalized spacial score (nSPS) is 22.2. The Morgan fingerprint density at radius 3 is 2.82 bits per heavy atom. The maximum absolute atomic E-state index is 13.0. The predicted molar refractivity (Wildman–Crippen MR) is 104 cm³/mol. The summed E-state index contributed by atoms with van der Waals surface area (Å²) in [4.78, 5) is 0.275. The lowest BCUT2D eigenvalue weighted by molar-refractivity contribution is 0.312. The van der Waals surface area contributed by atoms with Gasteiger partial charge in [0.15, 0.2) is 0 Å². The van der Waals surface area contributed by atoms with E-state index >= 15 is 0 Å². The molecule has 150 valence electrons. The van der Waals surface area contributed by atoms with Crippen LogP contribution in [0.15, 0.2) is 50.8 Å². The highest BCUT2D eigenvalue weighted by molar-refractivity contribution is 7.90. The Labute approximate surface area is 164 Å². The molecule has 28 heavy (non-hydrogen) atoms. The molecular weight excluding hydrogens is 402 g/mol. The smallest absolute Gasteiger partial charge is 0.286 e. The van der Waals surface area contributed by atoms with Crippen molar-refractivity contribution in [1.82, 2.24) is 14.1 Å². The number of amidine groups is 1. The number of fused-ring (bicyclic) bond motifs is 1. The number of piperidine rings is 1. The molecule has 0 spiro atoms. The SMILES string of the molecule is CCn1cc(S(=O)(=O)N2CCC[C@@H](C3=NS(=O)(=O)c4ccccc4N3)C2)cn1. The van der Waals surface area contributed by atoms with E-state index in [4.69, 9.17) is 0 Å². The summed E-state index contributed by atoms with van der Waals surface area (Å²) in [6, 6.07) is 6.57. The van der Waals surface area contributed by atoms with Gasteiger partial charge < -0.3 is 5.32 Å². The van der Waals surface area contributed by atoms with Crippen LogP contribution in [-0.2, 0) is 26.6 Å². The van der Waals surface area contributed by atoms with Crippen LogP contribution in [0.25, 0.3) is 0 Å². The van der Waals surface area contributed by atoms with Crippen LogP contribution in [0.3, 0.4) is 0 Å². The van der Waals surface area contributed by atoms with Gasteiger partial charge in [0.05, 0.1) is 11.9 Å². The van der Waals surface area contributed by atoms with Gasteiger partial charge in [-0.3, -0.25) is 4.68 Å². The summed E-state index contributed by atoms with van der Waals surface area (Å²) in [5.74, 6) is -0.0317. The lowest BCUT2D eigenvalue weighted by Crippen LogP contribution is -2.44. The van der Waals surface area contributed by atoms with Gasteiger partial charge in [-0.2, -0.15) is 17.8 Å². The second kappa shape index (κ2) is 6.98. The fourth-order valence-electron chi connectivity index (χ4n) is 3.49. The molecule has 0 bridgehead atoms. The van der Waals surface area contributed by atoms with Crippen LogP contribution < -0.4 is 5.32 Å². The Hall–Kier alpha value is -2.24. The summed E-state index contributed by atoms with van der Waals surface area (Å²) in [5.41, 5.74) is 0.469. The molecule has 3 heterocycles. The molecule has 4 rings (SSSR count). The van der Waals surface area contributed by atoms with Gasteiger partial charge >= 0.3 is 0 Å². The van der Waals surface area contributed by atoms with Crippen molar-refractivity contribution in [2.45, 2.75) is 36.1 Å². The van der Waals surface area contributed by atoms with Crippen LogP contribution >= 0.6 is 0 Å². The number of para-hydroxylation sites is 1. The first-order chi connectivity index (χ1) is 13.3. The van der Waals surface area contributed by atoms with Gasteiger partial charge in [-0.15, -0.1) is 4.40 Å². The first kappa shape index (κ1) is 19.1. The number of nitrogens with one attached hydrogen (secondary N) is 1. The minimum Gasteiger partial charge on any atom is -0.342 e. The molecule has 1 saturated heterocycles. The Morgan fingerprint density at radius 2 is 2.07 bits per heavy atom. The van der Waals surface area contributed by atoms with E-state index in [0.717, 1.165) is 0 Å². The van der Waals surface area contributed by atoms with Crippen molar-refractivity contribution in [2.24, 2.45) is 10.3 Å². The molecule has 2 aliphatic heterocycles. The van der Waals surface area contributed by atoms with E-state index in [9.17, 15) is 16.8 Å². The standard InChI is InChI=1S/C17H21N5O4S2/c1-2-21-12-14(10-18-21)28(25,26)22-9-5-6-13(11-22)17-19-15-7-3-4-8-16(15)27(23,24)20-17/h3-4,7-8,10,12-13H,2,5-6,9,11H2,1H3,(H,19,20)/t13-/m1/s1. The Bertz CT molecular complexity index is 1140. The monoisotopic (exact) mass is 423 g/mol. The molecule has 11 heteroatoms. The molecule has 1 N–H and O–H groups in total. The maximum Gasteiger partial charge on any atom is 0.286 e. The molecular formula is C17H21N5O4S2. The molecule has 1 aromatic carbocycles. The number of sulfonamides is 2. The molecule has 1 fully saturated rings. The maximum atomic E-state index is 13.0. The van der Waals surface area contributed by atoms with Crippen molar-refractivity contribution in [3.8, 4) is 0 Å². The molecule has 2 aromatic rings. The van der Waals surface area contributed by atoms with Crippen LogP contribution in [0.2, 0.25) is 0 Å². The molecule has 0 amide bonds. The van der Waals surface area contributed by atoms with Gasteiger partial charge in [-0.25, -0.2) is 8.42 Å². The summed E-state index contributed by atoms with van der Waals surface area (Å²) in [6.07, 6.45) is 4.13. The van der Waals surface area contributed by atoms with Gasteiger partial charge in [0, 0.05) is 31.7 Å². The minimum atomic E-state index is -3.80. The molecule has 0 saturated carbocycles. The Balaban J connectivity index is 1.60. The Kier molecular flexibility index (Phi) is 4.76. The summed E-state index contributed by atoms with van der Waals surface area (Å²) in [5, 5.41) is 7.12. The third-order valence-corrected chi connectivity index (χ3v) is 8.16. The number of rotatable bonds is 4. The van der Waals surface area contributed by atoms with Gasteiger partial charge in [0.2, 0.25) is 10.0 Å². The van der Waals surface area contributed by atoms with E-state index in [0.29, 0.717) is 37.5 Å². The molecule has 1 aromatic heterocycles. The molecule has 2 aliphatic rings. The van der Waals surface area contributed by atoms with Crippen molar-refractivity contribution in [2.75, 3.05) is 18.4 Å². The van der Waals surface area contributed by atoms with E-state index < -0.39 is 20.0 Å². The zero-order valence-electron chi connectivity index (χ0n) is 15.3. The highest BCUT2D eigenvalue weighted by atomic mass is 32.2. The van der Waals surface area contributed by atoms with E-state index in [-0.39, 0.29) is 22.3 Å². The average molecular weight is 424 g/mol. The summed E-state index contributed by atoms with van der Waals surface area (Å²) in [7, 11) is -7.50. The van der Waals surface area contributed by atoms with Gasteiger partial charge in [-0.05, 0) is 31.9 Å². The summed E-state index contributed by atoms with van der Waals surface area (Å²) in [6.45, 7) is 3.01. The van der Waals surface area contributed by atoms with Crippen LogP contribution in [0.1, 0.15) is 19.8 Å². The minimum absolute atomic E-state index is 0.131. The first-order valence-electron chi connectivity index (χ1n) is 9.05. The third kappa shape index (κ3) is 3.33. The average Bonchev–Trinajstić information content (AvgIpc) is 3.18. The summed E-state index contributed by atoms with van der Waals surface area (Å²) < 4.78 is 57.8. The van der Waals surface area contributed by atoms with Gasteiger partial charge in [0.1, 0.15) is 15.6 Å². The molecule has 9 nitrogen and oxygen atoms in total. The predicted octanol–water partition coefficient (Wildman–Crippen LogP) is 1.52. The van der Waals surface area contributed by atoms with Gasteiger partial charge in [-0.1, -0.05) is 12.1 Å². The van der Waals surface area contributed by atoms with E-state index in [1.165, 1.54) is 22.8 Å². The quantitative estimate of drug-likeness (QED) is 0.797. The van der Waals surface area contributed by atoms with Crippen LogP contribution in [0.4, 0.5) is 5.69 Å². The van der Waals surface area contributed by atoms with Crippen molar-refractivity contribution < 1.29 is 16.8 Å². The van der Waals surface area contributed by atoms with Crippen LogP contribution in [0.5, 0.6) is 0 Å². The Morgan fingerprint density at radius 1 is 1.29 bits per heavy atom. The molecule has 0 unspecified atom stereocenters. The van der Waals surface area contributed by atoms with E-state index in [1.807, 2.05) is 6.92 Å². The zero-order chi connectivity index (χ0) is 19.9. The number of hydrogen-bond acceptors (Lipinski definition) is 6. The zero-order valence-corrected chi connectivity index (χ0v) is 16.9. The topological polar surface area (TPSA) is 114 Å². The molecule has 0 aliphatic carbocycles. The lowest BCUT2D eigenvalue weighted by Gasteiger charge is -2.33.